The Hall–Kier alpha value is -15.8. The van der Waals surface area contributed by atoms with Gasteiger partial charge in [0, 0.05) is 47.3 Å². The van der Waals surface area contributed by atoms with Crippen molar-refractivity contribution in [3.8, 4) is 92.1 Å². The maximum atomic E-state index is 5.36. The zero-order chi connectivity index (χ0) is 77.6. The summed E-state index contributed by atoms with van der Waals surface area (Å²) in [7, 11) is 0. The Kier molecular flexibility index (Phi) is 12.2. The second kappa shape index (κ2) is 23.1. The van der Waals surface area contributed by atoms with Gasteiger partial charge < -0.3 is 19.9 Å². The SMILES string of the molecule is C1=CC2CCC1c1nc3c(nc12)-c1nc-3nc2[nH]c(nc3nc(nc4[nH]c(n1)c1nc5c(nc41)C1C=CC5CC1)-c1nc4c(nc1-3)C1C=CC4CC1)c1nc3c(nc21)C1C=CC3CC1.c1ccc2nc3c(nc2c1)-c1nc-3nc2[nH]c(nc3nc(nc4[nH]c(n1)c1nc5ccccc5nc41)-c1nc4ccccc4nc1-3)c1nc3ccccc3nc21. The summed E-state index contributed by atoms with van der Waals surface area (Å²) >= 11 is 0. The van der Waals surface area contributed by atoms with Gasteiger partial charge in [-0.3, -0.25) is 0 Å². The van der Waals surface area contributed by atoms with Crippen molar-refractivity contribution in [3.05, 3.63) is 191 Å². The maximum absolute atomic E-state index is 5.36. The van der Waals surface area contributed by atoms with E-state index < -0.39 is 0 Å². The highest BCUT2D eigenvalue weighted by Gasteiger charge is 2.41. The van der Waals surface area contributed by atoms with Gasteiger partial charge in [-0.25, -0.2) is 140 Å². The fourth-order valence-corrected chi connectivity index (χ4v) is 19.6. The van der Waals surface area contributed by atoms with Crippen LogP contribution < -0.4 is 0 Å². The normalized spacial score (nSPS) is 20.3. The van der Waals surface area contributed by atoms with Crippen molar-refractivity contribution < 1.29 is 0 Å². The van der Waals surface area contributed by atoms with Crippen LogP contribution in [0.2, 0.25) is 0 Å². The van der Waals surface area contributed by atoms with Crippen molar-refractivity contribution in [2.75, 3.05) is 0 Å². The number of allylic oxidation sites excluding steroid dienone is 8. The van der Waals surface area contributed by atoms with E-state index in [-0.39, 0.29) is 70.6 Å². The lowest BCUT2D eigenvalue weighted by Crippen LogP contribution is -2.21. The van der Waals surface area contributed by atoms with Crippen LogP contribution in [0.1, 0.15) is 144 Å². The largest absolute Gasteiger partial charge is 0.321 e. The molecule has 120 heavy (non-hydrogen) atoms. The molecule has 34 rings (SSSR count). The molecule has 4 aliphatic heterocycles. The van der Waals surface area contributed by atoms with E-state index in [0.717, 1.165) is 96.9 Å². The zero-order valence-electron chi connectivity index (χ0n) is 62.7. The number of H-pyrrole nitrogens is 4. The molecule has 0 radical (unpaired) electrons. The van der Waals surface area contributed by atoms with Crippen LogP contribution in [0.4, 0.5) is 0 Å². The van der Waals surface area contributed by atoms with Gasteiger partial charge >= 0.3 is 0 Å². The van der Waals surface area contributed by atoms with Crippen LogP contribution in [0.25, 0.3) is 226 Å². The Balaban J connectivity index is 0.000000123. The molecular formula is C88H52N32. The highest BCUT2D eigenvalue weighted by molar-refractivity contribution is 6.06. The molecule has 8 atom stereocenters. The standard InChI is InChI=1S/C48H34N16.C40H18N16/c1-2-18-4-3-17(1)25-26(18)50-34-33(49-25)41-57-42(34)62-44-37-38(54-30-22-11-9-21(10-12-22)29(30)53-37)46(59-44)64-48-40-39(55-31-23-13-15-24(16-14-23)32(31)56-40)47(60-48)63-45-36-35(43(58-45)61-41)51-27-19-5-7-20(8-6-19)28(27)52-36;1-2-10-18-17(9-1)41-25-26(42-18)34-49-33(25)53-35-27-28(44-20-12-4-3-11-19(20)43-27)37(50-35)55-39-31-32(48-24-16-8-7-15-23(24)47-31)40(52-39)56-38-30-29(36(51-38)54-34)45-21-13-5-6-14-22(21)46-30/h1-2,5,7,9,11,13,15,17-24H,3-4,6,8,10,12,14,16H2,(H2,57,58,59,60,61,62,63,64);1-16H,(H2,49,50,51,52,53,54,55,56). The van der Waals surface area contributed by atoms with Gasteiger partial charge in [-0.2, -0.15) is 0 Å². The average molecular weight is 1560 g/mol. The maximum Gasteiger partial charge on any atom is 0.184 e. The van der Waals surface area contributed by atoms with Gasteiger partial charge in [0.1, 0.15) is 89.7 Å². The van der Waals surface area contributed by atoms with E-state index in [2.05, 4.69) is 68.5 Å². The summed E-state index contributed by atoms with van der Waals surface area (Å²) in [5, 5.41) is 0. The third-order valence-corrected chi connectivity index (χ3v) is 25.4. The number of para-hydroxylation sites is 8. The van der Waals surface area contributed by atoms with E-state index in [0.29, 0.717) is 202 Å². The molecule has 0 saturated carbocycles. The third kappa shape index (κ3) is 9.05. The molecule has 14 aromatic heterocycles. The van der Waals surface area contributed by atoms with E-state index in [4.69, 9.17) is 140 Å². The van der Waals surface area contributed by atoms with E-state index in [1.54, 1.807) is 0 Å². The van der Waals surface area contributed by atoms with Gasteiger partial charge in [-0.15, -0.1) is 0 Å². The van der Waals surface area contributed by atoms with Gasteiger partial charge in [-0.05, 0) is 99.9 Å². The summed E-state index contributed by atoms with van der Waals surface area (Å²) in [5.74, 6) is 4.24. The second-order valence-electron chi connectivity index (χ2n) is 32.3. The van der Waals surface area contributed by atoms with E-state index in [1.807, 2.05) is 97.1 Å². The molecule has 24 bridgehead atoms. The topological polar surface area (TPSA) is 424 Å². The molecule has 32 heteroatoms. The minimum Gasteiger partial charge on any atom is -0.321 e. The lowest BCUT2D eigenvalue weighted by molar-refractivity contribution is 0.527. The predicted octanol–water partition coefficient (Wildman–Crippen LogP) is 14.8. The fourth-order valence-electron chi connectivity index (χ4n) is 19.6. The first kappa shape index (κ1) is 63.5. The molecule has 8 unspecified atom stereocenters. The molecule has 0 fully saturated rings. The number of aromatic amines is 4. The lowest BCUT2D eigenvalue weighted by Gasteiger charge is -2.31. The smallest absolute Gasteiger partial charge is 0.184 e. The Morgan fingerprint density at radius 3 is 0.483 bits per heavy atom. The summed E-state index contributed by atoms with van der Waals surface area (Å²) in [6.45, 7) is 0. The fraction of sp³-hybridized carbons (Fsp3) is 0.182. The first-order valence-corrected chi connectivity index (χ1v) is 40.4. The number of aromatic nitrogens is 32. The quantitative estimate of drug-likeness (QED) is 0.102. The van der Waals surface area contributed by atoms with Crippen molar-refractivity contribution >= 4 is 133 Å². The van der Waals surface area contributed by atoms with Crippen molar-refractivity contribution in [1.29, 1.82) is 0 Å². The van der Waals surface area contributed by atoms with Crippen molar-refractivity contribution in [1.82, 2.24) is 159 Å². The van der Waals surface area contributed by atoms with Crippen LogP contribution in [0.5, 0.6) is 0 Å². The van der Waals surface area contributed by atoms with E-state index in [9.17, 15) is 0 Å². The van der Waals surface area contributed by atoms with Crippen LogP contribution in [-0.4, -0.2) is 159 Å². The minimum atomic E-state index is 0.193. The molecule has 0 saturated heterocycles. The van der Waals surface area contributed by atoms with Gasteiger partial charge in [-0.1, -0.05) is 97.1 Å². The number of rotatable bonds is 0. The first-order valence-electron chi connectivity index (χ1n) is 40.4. The summed E-state index contributed by atoms with van der Waals surface area (Å²) < 4.78 is 0. The van der Waals surface area contributed by atoms with Crippen LogP contribution >= 0.6 is 0 Å². The Labute approximate surface area is 671 Å². The van der Waals surface area contributed by atoms with Gasteiger partial charge in [0.15, 0.2) is 91.8 Å². The molecule has 4 N–H and O–H groups in total. The molecule has 32 nitrogen and oxygen atoms in total. The van der Waals surface area contributed by atoms with Crippen molar-refractivity contribution in [2.45, 2.75) is 98.7 Å². The van der Waals surface area contributed by atoms with Crippen molar-refractivity contribution in [3.63, 3.8) is 0 Å². The molecule has 564 valence electrons. The van der Waals surface area contributed by atoms with Crippen LogP contribution in [0.15, 0.2) is 146 Å². The average Bonchev–Trinajstić information content (AvgIpc) is 1.21. The van der Waals surface area contributed by atoms with Crippen LogP contribution in [0.3, 0.4) is 0 Å². The lowest BCUT2D eigenvalue weighted by atomic mass is 9.76. The number of nitrogens with one attached hydrogen (secondary N) is 4. The Bertz CT molecular complexity index is 7500. The third-order valence-electron chi connectivity index (χ3n) is 25.4. The van der Waals surface area contributed by atoms with E-state index >= 15 is 0 Å². The van der Waals surface area contributed by atoms with Gasteiger partial charge in [0.2, 0.25) is 0 Å². The molecule has 12 aliphatic carbocycles. The van der Waals surface area contributed by atoms with Crippen LogP contribution in [0, 0.1) is 0 Å². The van der Waals surface area contributed by atoms with Gasteiger partial charge in [0.05, 0.1) is 89.7 Å². The first-order chi connectivity index (χ1) is 59.3. The second-order valence-corrected chi connectivity index (χ2v) is 32.3. The Morgan fingerprint density at radius 1 is 0.158 bits per heavy atom. The molecule has 0 amide bonds. The number of hydrogen-bond acceptors (Lipinski definition) is 28. The van der Waals surface area contributed by atoms with Crippen LogP contribution in [-0.2, 0) is 0 Å². The molecule has 18 heterocycles. The molecule has 16 aliphatic rings. The van der Waals surface area contributed by atoms with Gasteiger partial charge in [0.25, 0.3) is 0 Å². The molecular weight excluding hydrogens is 1510 g/mol. The summed E-state index contributed by atoms with van der Waals surface area (Å²) in [6, 6.07) is 30.5. The monoisotopic (exact) mass is 1560 g/mol. The Morgan fingerprint density at radius 2 is 0.308 bits per heavy atom. The number of fused-ring (bicyclic) bond motifs is 48. The summed E-state index contributed by atoms with van der Waals surface area (Å²) in [6.07, 6.45) is 26.5. The van der Waals surface area contributed by atoms with Crippen molar-refractivity contribution in [2.24, 2.45) is 0 Å². The summed E-state index contributed by atoms with van der Waals surface area (Å²) in [5.41, 5.74) is 25.3. The zero-order valence-corrected chi connectivity index (χ0v) is 62.7. The highest BCUT2D eigenvalue weighted by Crippen LogP contribution is 2.51. The molecule has 18 aromatic rings. The predicted molar refractivity (Wildman–Crippen MR) is 442 cm³/mol. The number of benzene rings is 4. The van der Waals surface area contributed by atoms with E-state index in [1.165, 1.54) is 0 Å². The number of hydrogen-bond donors (Lipinski definition) is 4. The highest BCUT2D eigenvalue weighted by atomic mass is 15.2. The number of nitrogens with zero attached hydrogens (tertiary/aromatic N) is 28. The molecule has 4 aromatic carbocycles. The summed E-state index contributed by atoms with van der Waals surface area (Å²) in [4.78, 5) is 158. The molecule has 0 spiro atoms. The minimum absolute atomic E-state index is 0.193.